The lowest BCUT2D eigenvalue weighted by Crippen LogP contribution is -2.12. The fourth-order valence-electron chi connectivity index (χ4n) is 1.93. The summed E-state index contributed by atoms with van der Waals surface area (Å²) < 4.78 is 0. The number of hydrogen-bond acceptors (Lipinski definition) is 4. The Morgan fingerprint density at radius 1 is 1.35 bits per heavy atom. The Balaban J connectivity index is 2.12. The Kier molecular flexibility index (Phi) is 3.22. The standard InChI is InChI=1S/C13H22N4/c1-5-6-10-16-11(14-4)7-12(17-10)15-9-8-13(9,2)3/h7,9H,5-6,8H2,1-4H3,(H2,14,15,16,17). The minimum atomic E-state index is 0.412. The van der Waals surface area contributed by atoms with E-state index in [2.05, 4.69) is 41.4 Å². The molecule has 1 fully saturated rings. The Morgan fingerprint density at radius 2 is 2.00 bits per heavy atom. The van der Waals surface area contributed by atoms with Crippen molar-refractivity contribution >= 4 is 11.6 Å². The first-order valence-corrected chi connectivity index (χ1v) is 6.37. The lowest BCUT2D eigenvalue weighted by molar-refractivity contribution is 0.629. The van der Waals surface area contributed by atoms with Crippen molar-refractivity contribution in [2.24, 2.45) is 5.41 Å². The van der Waals surface area contributed by atoms with Crippen LogP contribution in [0.5, 0.6) is 0 Å². The summed E-state index contributed by atoms with van der Waals surface area (Å²) in [6.07, 6.45) is 3.22. The summed E-state index contributed by atoms with van der Waals surface area (Å²) in [5, 5.41) is 6.58. The Hall–Kier alpha value is -1.32. The lowest BCUT2D eigenvalue weighted by atomic mass is 10.2. The predicted octanol–water partition coefficient (Wildman–Crippen LogP) is 2.68. The average molecular weight is 234 g/mol. The summed E-state index contributed by atoms with van der Waals surface area (Å²) in [6, 6.07) is 2.53. The molecule has 17 heavy (non-hydrogen) atoms. The van der Waals surface area contributed by atoms with Crippen LogP contribution in [-0.4, -0.2) is 23.1 Å². The van der Waals surface area contributed by atoms with Gasteiger partial charge in [0.2, 0.25) is 0 Å². The van der Waals surface area contributed by atoms with Crippen molar-refractivity contribution in [1.29, 1.82) is 0 Å². The molecule has 0 aliphatic heterocycles. The van der Waals surface area contributed by atoms with Crippen LogP contribution in [0.1, 0.15) is 39.4 Å². The van der Waals surface area contributed by atoms with E-state index in [0.29, 0.717) is 11.5 Å². The molecule has 0 spiro atoms. The minimum absolute atomic E-state index is 0.412. The van der Waals surface area contributed by atoms with Gasteiger partial charge in [-0.2, -0.15) is 0 Å². The molecule has 1 heterocycles. The average Bonchev–Trinajstić information content (AvgIpc) is 2.86. The highest BCUT2D eigenvalue weighted by molar-refractivity contribution is 5.49. The van der Waals surface area contributed by atoms with Crippen molar-refractivity contribution in [2.45, 2.75) is 46.1 Å². The number of hydrogen-bond donors (Lipinski definition) is 2. The van der Waals surface area contributed by atoms with E-state index in [0.717, 1.165) is 30.3 Å². The molecule has 0 amide bonds. The maximum atomic E-state index is 4.55. The number of anilines is 2. The van der Waals surface area contributed by atoms with Gasteiger partial charge in [0.25, 0.3) is 0 Å². The number of nitrogens with zero attached hydrogens (tertiary/aromatic N) is 2. The molecule has 2 N–H and O–H groups in total. The first kappa shape index (κ1) is 12.1. The predicted molar refractivity (Wildman–Crippen MR) is 71.4 cm³/mol. The zero-order chi connectivity index (χ0) is 12.5. The molecule has 0 radical (unpaired) electrons. The van der Waals surface area contributed by atoms with Crippen LogP contribution < -0.4 is 10.6 Å². The van der Waals surface area contributed by atoms with Crippen molar-refractivity contribution < 1.29 is 0 Å². The van der Waals surface area contributed by atoms with Crippen LogP contribution in [0.2, 0.25) is 0 Å². The number of rotatable bonds is 5. The van der Waals surface area contributed by atoms with Gasteiger partial charge in [-0.25, -0.2) is 9.97 Å². The quantitative estimate of drug-likeness (QED) is 0.822. The molecule has 1 aromatic rings. The molecule has 2 rings (SSSR count). The monoisotopic (exact) mass is 234 g/mol. The number of aryl methyl sites for hydroxylation is 1. The van der Waals surface area contributed by atoms with Gasteiger partial charge < -0.3 is 10.6 Å². The van der Waals surface area contributed by atoms with Crippen molar-refractivity contribution in [1.82, 2.24) is 9.97 Å². The van der Waals surface area contributed by atoms with Crippen molar-refractivity contribution in [3.63, 3.8) is 0 Å². The van der Waals surface area contributed by atoms with Crippen LogP contribution in [0.4, 0.5) is 11.6 Å². The molecule has 1 atom stereocenters. The third-order valence-corrected chi connectivity index (χ3v) is 3.34. The van der Waals surface area contributed by atoms with Gasteiger partial charge in [0.05, 0.1) is 0 Å². The molecule has 1 aliphatic carbocycles. The van der Waals surface area contributed by atoms with Crippen molar-refractivity contribution in [2.75, 3.05) is 17.7 Å². The maximum Gasteiger partial charge on any atom is 0.133 e. The molecule has 0 saturated heterocycles. The second-order valence-electron chi connectivity index (χ2n) is 5.44. The van der Waals surface area contributed by atoms with Gasteiger partial charge in [-0.1, -0.05) is 20.8 Å². The summed E-state index contributed by atoms with van der Waals surface area (Å²) in [6.45, 7) is 6.70. The number of nitrogens with one attached hydrogen (secondary N) is 2. The number of aromatic nitrogens is 2. The first-order valence-electron chi connectivity index (χ1n) is 6.37. The molecule has 4 heteroatoms. The van der Waals surface area contributed by atoms with E-state index in [9.17, 15) is 0 Å². The van der Waals surface area contributed by atoms with Gasteiger partial charge in [0.15, 0.2) is 0 Å². The molecule has 0 aromatic carbocycles. The molecule has 94 valence electrons. The van der Waals surface area contributed by atoms with Gasteiger partial charge >= 0.3 is 0 Å². The van der Waals surface area contributed by atoms with Gasteiger partial charge in [0, 0.05) is 25.6 Å². The fourth-order valence-corrected chi connectivity index (χ4v) is 1.93. The summed E-state index contributed by atoms with van der Waals surface area (Å²) >= 11 is 0. The summed E-state index contributed by atoms with van der Waals surface area (Å²) in [7, 11) is 1.89. The van der Waals surface area contributed by atoms with E-state index in [1.165, 1.54) is 6.42 Å². The molecular formula is C13H22N4. The third kappa shape index (κ3) is 2.87. The molecule has 4 nitrogen and oxygen atoms in total. The van der Waals surface area contributed by atoms with Gasteiger partial charge in [0.1, 0.15) is 17.5 Å². The second kappa shape index (κ2) is 4.51. The largest absolute Gasteiger partial charge is 0.373 e. The van der Waals surface area contributed by atoms with Crippen LogP contribution in [0.3, 0.4) is 0 Å². The molecular weight excluding hydrogens is 212 g/mol. The highest BCUT2D eigenvalue weighted by Crippen LogP contribution is 2.46. The highest BCUT2D eigenvalue weighted by atomic mass is 15.1. The zero-order valence-electron chi connectivity index (χ0n) is 11.2. The topological polar surface area (TPSA) is 49.8 Å². The van der Waals surface area contributed by atoms with Gasteiger partial charge in [-0.05, 0) is 18.3 Å². The van der Waals surface area contributed by atoms with E-state index in [4.69, 9.17) is 0 Å². The SMILES string of the molecule is CCCc1nc(NC)cc(NC2CC2(C)C)n1. The normalized spacial score (nSPS) is 21.1. The van der Waals surface area contributed by atoms with Crippen molar-refractivity contribution in [3.8, 4) is 0 Å². The molecule has 1 saturated carbocycles. The van der Waals surface area contributed by atoms with E-state index >= 15 is 0 Å². The Morgan fingerprint density at radius 3 is 2.53 bits per heavy atom. The lowest BCUT2D eigenvalue weighted by Gasteiger charge is -2.10. The van der Waals surface area contributed by atoms with Gasteiger partial charge in [-0.15, -0.1) is 0 Å². The molecule has 1 aliphatic rings. The molecule has 1 aromatic heterocycles. The van der Waals surface area contributed by atoms with Crippen LogP contribution in [0.15, 0.2) is 6.07 Å². The summed E-state index contributed by atoms with van der Waals surface area (Å²) in [4.78, 5) is 9.00. The second-order valence-corrected chi connectivity index (χ2v) is 5.44. The minimum Gasteiger partial charge on any atom is -0.373 e. The molecule has 1 unspecified atom stereocenters. The van der Waals surface area contributed by atoms with E-state index in [-0.39, 0.29) is 0 Å². The van der Waals surface area contributed by atoms with E-state index < -0.39 is 0 Å². The fraction of sp³-hybridized carbons (Fsp3) is 0.692. The third-order valence-electron chi connectivity index (χ3n) is 3.34. The van der Waals surface area contributed by atoms with Crippen LogP contribution in [0, 0.1) is 5.41 Å². The van der Waals surface area contributed by atoms with Crippen molar-refractivity contribution in [3.05, 3.63) is 11.9 Å². The molecule has 0 bridgehead atoms. The Labute approximate surface area is 103 Å². The zero-order valence-corrected chi connectivity index (χ0v) is 11.2. The Bertz CT molecular complexity index is 400. The summed E-state index contributed by atoms with van der Waals surface area (Å²) in [5.74, 6) is 2.76. The van der Waals surface area contributed by atoms with Crippen LogP contribution in [-0.2, 0) is 6.42 Å². The van der Waals surface area contributed by atoms with Gasteiger partial charge in [-0.3, -0.25) is 0 Å². The highest BCUT2D eigenvalue weighted by Gasteiger charge is 2.45. The van der Waals surface area contributed by atoms with Crippen LogP contribution >= 0.6 is 0 Å². The smallest absolute Gasteiger partial charge is 0.133 e. The van der Waals surface area contributed by atoms with E-state index in [1.807, 2.05) is 13.1 Å². The summed E-state index contributed by atoms with van der Waals surface area (Å²) in [5.41, 5.74) is 0.412. The maximum absolute atomic E-state index is 4.55. The van der Waals surface area contributed by atoms with E-state index in [1.54, 1.807) is 0 Å². The first-order chi connectivity index (χ1) is 8.05. The van der Waals surface area contributed by atoms with Crippen LogP contribution in [0.25, 0.3) is 0 Å².